The summed E-state index contributed by atoms with van der Waals surface area (Å²) in [4.78, 5) is 23.8. The van der Waals surface area contributed by atoms with Crippen molar-refractivity contribution in [1.82, 2.24) is 5.32 Å². The van der Waals surface area contributed by atoms with Crippen molar-refractivity contribution in [3.63, 3.8) is 0 Å². The normalized spacial score (nSPS) is 11.1. The van der Waals surface area contributed by atoms with Crippen LogP contribution in [0.25, 0.3) is 0 Å². The van der Waals surface area contributed by atoms with E-state index in [0.29, 0.717) is 0 Å². The lowest BCUT2D eigenvalue weighted by molar-refractivity contribution is -0.130. The first-order valence-electron chi connectivity index (χ1n) is 7.48. The van der Waals surface area contributed by atoms with E-state index in [2.05, 4.69) is 24.5 Å². The van der Waals surface area contributed by atoms with E-state index in [1.165, 1.54) is 0 Å². The number of aryl methyl sites for hydroxylation is 2. The van der Waals surface area contributed by atoms with Crippen LogP contribution >= 0.6 is 0 Å². The van der Waals surface area contributed by atoms with Crippen molar-refractivity contribution in [2.75, 3.05) is 11.9 Å². The van der Waals surface area contributed by atoms with Gasteiger partial charge in [0, 0.05) is 11.1 Å². The molecule has 0 unspecified atom stereocenters. The predicted octanol–water partition coefficient (Wildman–Crippen LogP) is 2.91. The molecule has 116 valence electrons. The number of rotatable bonds is 5. The van der Waals surface area contributed by atoms with Crippen LogP contribution in [0.3, 0.4) is 0 Å². The molecule has 4 nitrogen and oxygen atoms in total. The Bertz CT molecular complexity index is 494. The summed E-state index contributed by atoms with van der Waals surface area (Å²) in [6.07, 6.45) is 1.72. The first-order chi connectivity index (χ1) is 9.79. The molecule has 1 aromatic carbocycles. The SMILES string of the molecule is CCc1cccc(CC)c1NC(=O)CNC(=O)C(C)(C)C. The number of para-hydroxylation sites is 1. The van der Waals surface area contributed by atoms with Crippen LogP contribution in [0, 0.1) is 5.41 Å². The summed E-state index contributed by atoms with van der Waals surface area (Å²) in [5.74, 6) is -0.319. The highest BCUT2D eigenvalue weighted by molar-refractivity contribution is 5.96. The molecular weight excluding hydrogens is 264 g/mol. The van der Waals surface area contributed by atoms with Crippen LogP contribution in [-0.2, 0) is 22.4 Å². The first-order valence-corrected chi connectivity index (χ1v) is 7.48. The highest BCUT2D eigenvalue weighted by atomic mass is 16.2. The van der Waals surface area contributed by atoms with E-state index in [4.69, 9.17) is 0 Å². The van der Waals surface area contributed by atoms with Crippen LogP contribution in [0.15, 0.2) is 18.2 Å². The summed E-state index contributed by atoms with van der Waals surface area (Å²) in [6, 6.07) is 6.04. The average Bonchev–Trinajstić information content (AvgIpc) is 2.43. The van der Waals surface area contributed by atoms with Gasteiger partial charge < -0.3 is 10.6 Å². The number of hydrogen-bond donors (Lipinski definition) is 2. The number of anilines is 1. The molecule has 2 N–H and O–H groups in total. The summed E-state index contributed by atoms with van der Waals surface area (Å²) >= 11 is 0. The van der Waals surface area contributed by atoms with Crippen molar-refractivity contribution in [2.24, 2.45) is 5.41 Å². The summed E-state index contributed by atoms with van der Waals surface area (Å²) < 4.78 is 0. The molecule has 0 aliphatic rings. The minimum Gasteiger partial charge on any atom is -0.347 e. The molecule has 4 heteroatoms. The Balaban J connectivity index is 2.73. The van der Waals surface area contributed by atoms with Gasteiger partial charge in [-0.1, -0.05) is 52.8 Å². The lowest BCUT2D eigenvalue weighted by atomic mass is 9.96. The van der Waals surface area contributed by atoms with Crippen molar-refractivity contribution < 1.29 is 9.59 Å². The van der Waals surface area contributed by atoms with Crippen LogP contribution in [0.5, 0.6) is 0 Å². The second-order valence-electron chi connectivity index (χ2n) is 6.14. The van der Waals surface area contributed by atoms with E-state index in [9.17, 15) is 9.59 Å². The standard InChI is InChI=1S/C17H26N2O2/c1-6-12-9-8-10-13(7-2)15(12)19-14(20)11-18-16(21)17(3,4)5/h8-10H,6-7,11H2,1-5H3,(H,18,21)(H,19,20). The second-order valence-corrected chi connectivity index (χ2v) is 6.14. The maximum atomic E-state index is 12.1. The zero-order valence-electron chi connectivity index (χ0n) is 13.7. The van der Waals surface area contributed by atoms with Crippen molar-refractivity contribution in [2.45, 2.75) is 47.5 Å². The molecule has 1 rings (SSSR count). The fourth-order valence-corrected chi connectivity index (χ4v) is 2.01. The minimum absolute atomic E-state index is 0.00267. The summed E-state index contributed by atoms with van der Waals surface area (Å²) in [5, 5.41) is 5.60. The Hall–Kier alpha value is -1.84. The number of carbonyl (C=O) groups is 2. The van der Waals surface area contributed by atoms with Gasteiger partial charge in [-0.25, -0.2) is 0 Å². The molecule has 0 saturated heterocycles. The molecule has 0 fully saturated rings. The van der Waals surface area contributed by atoms with Gasteiger partial charge in [-0.15, -0.1) is 0 Å². The molecule has 0 radical (unpaired) electrons. The van der Waals surface area contributed by atoms with Crippen molar-refractivity contribution in [1.29, 1.82) is 0 Å². The molecule has 2 amide bonds. The van der Waals surface area contributed by atoms with Crippen LogP contribution in [0.4, 0.5) is 5.69 Å². The minimum atomic E-state index is -0.490. The number of carbonyl (C=O) groups excluding carboxylic acids is 2. The fraction of sp³-hybridized carbons (Fsp3) is 0.529. The number of benzene rings is 1. The lowest BCUT2D eigenvalue weighted by Crippen LogP contribution is -2.39. The molecule has 0 bridgehead atoms. The Morgan fingerprint density at radius 1 is 1.05 bits per heavy atom. The molecule has 0 aliphatic carbocycles. The van der Waals surface area contributed by atoms with Crippen molar-refractivity contribution in [3.8, 4) is 0 Å². The highest BCUT2D eigenvalue weighted by Crippen LogP contribution is 2.22. The molecule has 0 spiro atoms. The van der Waals surface area contributed by atoms with E-state index in [1.807, 2.05) is 39.0 Å². The van der Waals surface area contributed by atoms with Crippen LogP contribution in [0.2, 0.25) is 0 Å². The molecule has 0 heterocycles. The number of hydrogen-bond acceptors (Lipinski definition) is 2. The predicted molar refractivity (Wildman–Crippen MR) is 86.3 cm³/mol. The highest BCUT2D eigenvalue weighted by Gasteiger charge is 2.21. The Labute approximate surface area is 127 Å². The van der Waals surface area contributed by atoms with Gasteiger partial charge in [0.05, 0.1) is 6.54 Å². The van der Waals surface area contributed by atoms with Gasteiger partial charge in [0.15, 0.2) is 0 Å². The Kier molecular flexibility index (Phi) is 5.94. The molecule has 1 aromatic rings. The lowest BCUT2D eigenvalue weighted by Gasteiger charge is -2.18. The molecule has 21 heavy (non-hydrogen) atoms. The zero-order valence-corrected chi connectivity index (χ0v) is 13.7. The van der Waals surface area contributed by atoms with E-state index in [0.717, 1.165) is 29.7 Å². The number of amides is 2. The summed E-state index contributed by atoms with van der Waals surface area (Å²) in [7, 11) is 0. The third-order valence-corrected chi connectivity index (χ3v) is 3.35. The van der Waals surface area contributed by atoms with Gasteiger partial charge in [0.25, 0.3) is 0 Å². The van der Waals surface area contributed by atoms with E-state index in [1.54, 1.807) is 0 Å². The summed E-state index contributed by atoms with van der Waals surface area (Å²) in [5.41, 5.74) is 2.63. The zero-order chi connectivity index (χ0) is 16.0. The van der Waals surface area contributed by atoms with Gasteiger partial charge in [0.2, 0.25) is 11.8 Å². The van der Waals surface area contributed by atoms with E-state index >= 15 is 0 Å². The van der Waals surface area contributed by atoms with Gasteiger partial charge in [0.1, 0.15) is 0 Å². The summed E-state index contributed by atoms with van der Waals surface area (Å²) in [6.45, 7) is 9.58. The third-order valence-electron chi connectivity index (χ3n) is 3.35. The smallest absolute Gasteiger partial charge is 0.243 e. The first kappa shape index (κ1) is 17.2. The number of nitrogens with one attached hydrogen (secondary N) is 2. The maximum Gasteiger partial charge on any atom is 0.243 e. The quantitative estimate of drug-likeness (QED) is 0.876. The molecule has 0 aromatic heterocycles. The largest absolute Gasteiger partial charge is 0.347 e. The molecule has 0 aliphatic heterocycles. The van der Waals surface area contributed by atoms with Gasteiger partial charge >= 0.3 is 0 Å². The van der Waals surface area contributed by atoms with Crippen LogP contribution in [0.1, 0.15) is 45.7 Å². The van der Waals surface area contributed by atoms with E-state index in [-0.39, 0.29) is 18.4 Å². The monoisotopic (exact) mass is 290 g/mol. The van der Waals surface area contributed by atoms with Crippen molar-refractivity contribution >= 4 is 17.5 Å². The second kappa shape index (κ2) is 7.25. The van der Waals surface area contributed by atoms with Crippen LogP contribution < -0.4 is 10.6 Å². The molecule has 0 atom stereocenters. The topological polar surface area (TPSA) is 58.2 Å². The fourth-order valence-electron chi connectivity index (χ4n) is 2.01. The Morgan fingerprint density at radius 2 is 1.57 bits per heavy atom. The van der Waals surface area contributed by atoms with Gasteiger partial charge in [-0.05, 0) is 24.0 Å². The van der Waals surface area contributed by atoms with E-state index < -0.39 is 5.41 Å². The molecular formula is C17H26N2O2. The molecule has 0 saturated carbocycles. The van der Waals surface area contributed by atoms with Gasteiger partial charge in [-0.3, -0.25) is 9.59 Å². The Morgan fingerprint density at radius 3 is 2.00 bits per heavy atom. The van der Waals surface area contributed by atoms with Crippen molar-refractivity contribution in [3.05, 3.63) is 29.3 Å². The maximum absolute atomic E-state index is 12.1. The van der Waals surface area contributed by atoms with Crippen LogP contribution in [-0.4, -0.2) is 18.4 Å². The van der Waals surface area contributed by atoms with Gasteiger partial charge in [-0.2, -0.15) is 0 Å². The average molecular weight is 290 g/mol. The third kappa shape index (κ3) is 4.88.